The smallest absolute Gasteiger partial charge is 0.249 e. The Hall–Kier alpha value is -1.08. The van der Waals surface area contributed by atoms with Gasteiger partial charge in [0.1, 0.15) is 0 Å². The third kappa shape index (κ3) is 4.34. The minimum Gasteiger partial charge on any atom is -0.320 e. The van der Waals surface area contributed by atoms with Crippen molar-refractivity contribution in [2.24, 2.45) is 11.7 Å². The average molecular weight is 155 g/mol. The third-order valence-electron chi connectivity index (χ3n) is 1.24. The summed E-state index contributed by atoms with van der Waals surface area (Å²) < 4.78 is 0. The van der Waals surface area contributed by atoms with Crippen LogP contribution in [0.5, 0.6) is 0 Å². The molecule has 0 aliphatic rings. The summed E-state index contributed by atoms with van der Waals surface area (Å²) in [5.74, 6) is -0.0318. The van der Waals surface area contributed by atoms with E-state index >= 15 is 0 Å². The number of nitrogens with two attached hydrogens (primary N) is 1. The lowest BCUT2D eigenvalue weighted by Gasteiger charge is -2.10. The maximum Gasteiger partial charge on any atom is 0.249 e. The van der Waals surface area contributed by atoms with Crippen LogP contribution >= 0.6 is 0 Å². The Labute approximate surface area is 66.4 Å². The summed E-state index contributed by atoms with van der Waals surface area (Å²) in [7, 11) is 0. The first-order valence-corrected chi connectivity index (χ1v) is 3.52. The van der Waals surface area contributed by atoms with E-state index in [1.807, 2.05) is 19.2 Å². The summed E-state index contributed by atoms with van der Waals surface area (Å²) in [6, 6.07) is -0.561. The van der Waals surface area contributed by atoms with E-state index < -0.39 is 11.9 Å². The number of nitriles is 1. The molecule has 4 nitrogen and oxygen atoms in total. The molecule has 0 aliphatic heterocycles. The molecule has 0 bridgehead atoms. The van der Waals surface area contributed by atoms with Gasteiger partial charge in [-0.1, -0.05) is 13.8 Å². The predicted octanol–water partition coefficient (Wildman–Crippen LogP) is -0.0429. The molecule has 0 fully saturated rings. The van der Waals surface area contributed by atoms with Crippen LogP contribution in [0.4, 0.5) is 0 Å². The van der Waals surface area contributed by atoms with E-state index in [1.54, 1.807) is 6.19 Å². The third-order valence-corrected chi connectivity index (χ3v) is 1.24. The Kier molecular flexibility index (Phi) is 4.23. The Bertz CT molecular complexity index is 171. The maximum atomic E-state index is 10.8. The topological polar surface area (TPSA) is 78.9 Å². The highest BCUT2D eigenvalue weighted by Gasteiger charge is 2.13. The number of carbonyl (C=O) groups excluding carboxylic acids is 1. The predicted molar refractivity (Wildman–Crippen MR) is 41.2 cm³/mol. The van der Waals surface area contributed by atoms with Crippen molar-refractivity contribution in [3.05, 3.63) is 0 Å². The number of rotatable bonds is 3. The lowest BCUT2D eigenvalue weighted by atomic mass is 10.0. The van der Waals surface area contributed by atoms with Gasteiger partial charge in [0, 0.05) is 0 Å². The molecule has 0 aliphatic carbocycles. The van der Waals surface area contributed by atoms with E-state index in [4.69, 9.17) is 11.0 Å². The average Bonchev–Trinajstić information content (AvgIpc) is 1.86. The lowest BCUT2D eigenvalue weighted by Crippen LogP contribution is -2.39. The van der Waals surface area contributed by atoms with Crippen LogP contribution in [0.3, 0.4) is 0 Å². The van der Waals surface area contributed by atoms with Gasteiger partial charge >= 0.3 is 0 Å². The van der Waals surface area contributed by atoms with Gasteiger partial charge in [-0.3, -0.25) is 10.1 Å². The van der Waals surface area contributed by atoms with Crippen LogP contribution in [-0.4, -0.2) is 11.9 Å². The molecule has 4 heteroatoms. The standard InChI is InChI=1S/C7H13N3O/c1-5(2)3-6(9)7(11)10-4-8/h5-6H,3,9H2,1-2H3,(H,10,11)/t6-/m0/s1. The highest BCUT2D eigenvalue weighted by atomic mass is 16.2. The summed E-state index contributed by atoms with van der Waals surface area (Å²) in [6.45, 7) is 3.94. The van der Waals surface area contributed by atoms with Gasteiger partial charge in [0.15, 0.2) is 6.19 Å². The zero-order valence-corrected chi connectivity index (χ0v) is 6.79. The van der Waals surface area contributed by atoms with Gasteiger partial charge in [-0.2, -0.15) is 5.26 Å². The Morgan fingerprint density at radius 2 is 2.27 bits per heavy atom. The molecule has 0 aromatic carbocycles. The van der Waals surface area contributed by atoms with Gasteiger partial charge in [-0.05, 0) is 12.3 Å². The van der Waals surface area contributed by atoms with Crippen molar-refractivity contribution in [3.63, 3.8) is 0 Å². The van der Waals surface area contributed by atoms with Crippen molar-refractivity contribution >= 4 is 5.91 Å². The number of nitrogens with zero attached hydrogens (tertiary/aromatic N) is 1. The van der Waals surface area contributed by atoms with Crippen LogP contribution in [0.15, 0.2) is 0 Å². The zero-order chi connectivity index (χ0) is 8.85. The normalized spacial score (nSPS) is 12.3. The molecule has 0 saturated heterocycles. The van der Waals surface area contributed by atoms with Gasteiger partial charge in [0.25, 0.3) is 0 Å². The molecular weight excluding hydrogens is 142 g/mol. The van der Waals surface area contributed by atoms with E-state index in [0.29, 0.717) is 12.3 Å². The lowest BCUT2D eigenvalue weighted by molar-refractivity contribution is -0.121. The fourth-order valence-corrected chi connectivity index (χ4v) is 0.763. The van der Waals surface area contributed by atoms with Crippen LogP contribution < -0.4 is 11.1 Å². The summed E-state index contributed by atoms with van der Waals surface area (Å²) in [4.78, 5) is 10.8. The first-order chi connectivity index (χ1) is 5.07. The van der Waals surface area contributed by atoms with Gasteiger partial charge in [0.2, 0.25) is 5.91 Å². The van der Waals surface area contributed by atoms with E-state index in [2.05, 4.69) is 0 Å². The van der Waals surface area contributed by atoms with Crippen molar-refractivity contribution in [1.82, 2.24) is 5.32 Å². The summed E-state index contributed by atoms with van der Waals surface area (Å²) in [5, 5.41) is 10.1. The number of hydrogen-bond donors (Lipinski definition) is 2. The second-order valence-electron chi connectivity index (χ2n) is 2.84. The van der Waals surface area contributed by atoms with E-state index in [1.165, 1.54) is 0 Å². The van der Waals surface area contributed by atoms with Crippen molar-refractivity contribution in [1.29, 1.82) is 5.26 Å². The monoisotopic (exact) mass is 155 g/mol. The molecule has 3 N–H and O–H groups in total. The molecule has 0 heterocycles. The first kappa shape index (κ1) is 9.92. The van der Waals surface area contributed by atoms with E-state index in [9.17, 15) is 4.79 Å². The molecule has 0 radical (unpaired) electrons. The molecule has 0 aromatic rings. The fourth-order valence-electron chi connectivity index (χ4n) is 0.763. The highest BCUT2D eigenvalue weighted by molar-refractivity contribution is 5.82. The molecule has 0 aromatic heterocycles. The van der Waals surface area contributed by atoms with Gasteiger partial charge in [-0.25, -0.2) is 0 Å². The van der Waals surface area contributed by atoms with Crippen LogP contribution in [0.2, 0.25) is 0 Å². The largest absolute Gasteiger partial charge is 0.320 e. The van der Waals surface area contributed by atoms with Crippen molar-refractivity contribution in [2.45, 2.75) is 26.3 Å². The molecule has 11 heavy (non-hydrogen) atoms. The van der Waals surface area contributed by atoms with E-state index in [-0.39, 0.29) is 0 Å². The molecular formula is C7H13N3O. The van der Waals surface area contributed by atoms with Gasteiger partial charge < -0.3 is 5.73 Å². The number of carbonyl (C=O) groups is 1. The van der Waals surface area contributed by atoms with Gasteiger partial charge in [-0.15, -0.1) is 0 Å². The molecule has 0 rings (SSSR count). The molecule has 1 atom stereocenters. The minimum atomic E-state index is -0.561. The second kappa shape index (κ2) is 4.69. The van der Waals surface area contributed by atoms with E-state index in [0.717, 1.165) is 0 Å². The number of hydrogen-bond acceptors (Lipinski definition) is 3. The Morgan fingerprint density at radius 1 is 1.73 bits per heavy atom. The van der Waals surface area contributed by atoms with Crippen molar-refractivity contribution in [2.75, 3.05) is 0 Å². The van der Waals surface area contributed by atoms with Crippen LogP contribution in [0.1, 0.15) is 20.3 Å². The number of nitrogens with one attached hydrogen (secondary N) is 1. The van der Waals surface area contributed by atoms with Crippen LogP contribution in [0, 0.1) is 17.4 Å². The summed E-state index contributed by atoms with van der Waals surface area (Å²) in [5.41, 5.74) is 5.44. The zero-order valence-electron chi connectivity index (χ0n) is 6.79. The highest BCUT2D eigenvalue weighted by Crippen LogP contribution is 2.01. The van der Waals surface area contributed by atoms with Crippen molar-refractivity contribution in [3.8, 4) is 6.19 Å². The molecule has 62 valence electrons. The second-order valence-corrected chi connectivity index (χ2v) is 2.84. The summed E-state index contributed by atoms with van der Waals surface area (Å²) >= 11 is 0. The van der Waals surface area contributed by atoms with Crippen LogP contribution in [-0.2, 0) is 4.79 Å². The molecule has 0 unspecified atom stereocenters. The fraction of sp³-hybridized carbons (Fsp3) is 0.714. The summed E-state index contributed by atoms with van der Waals surface area (Å²) in [6.07, 6.45) is 2.15. The molecule has 0 spiro atoms. The van der Waals surface area contributed by atoms with Gasteiger partial charge in [0.05, 0.1) is 6.04 Å². The first-order valence-electron chi connectivity index (χ1n) is 3.52. The molecule has 1 amide bonds. The number of amides is 1. The quantitative estimate of drug-likeness (QED) is 0.443. The SMILES string of the molecule is CC(C)C[C@H](N)C(=O)NC#N. The molecule has 0 saturated carbocycles. The minimum absolute atomic E-state index is 0.370. The Morgan fingerprint density at radius 3 is 2.64 bits per heavy atom. The van der Waals surface area contributed by atoms with Crippen molar-refractivity contribution < 1.29 is 4.79 Å². The Balaban J connectivity index is 3.75. The maximum absolute atomic E-state index is 10.8. The van der Waals surface area contributed by atoms with Crippen LogP contribution in [0.25, 0.3) is 0 Å².